The van der Waals surface area contributed by atoms with Crippen LogP contribution in [-0.2, 0) is 30.4 Å². The highest BCUT2D eigenvalue weighted by Gasteiger charge is 2.55. The van der Waals surface area contributed by atoms with Gasteiger partial charge in [-0.15, -0.1) is 0 Å². The molecule has 0 saturated heterocycles. The zero-order valence-electron chi connectivity index (χ0n) is 53.2. The average Bonchev–Trinajstić information content (AvgIpc) is 0.808. The Bertz CT molecular complexity index is 2770. The molecule has 458 valence electrons. The molecule has 0 amide bonds. The molecule has 0 aliphatic carbocycles. The van der Waals surface area contributed by atoms with E-state index >= 15 is 0 Å². The Morgan fingerprint density at radius 3 is 0.591 bits per heavy atom. The van der Waals surface area contributed by atoms with E-state index in [1.165, 1.54) is 93.7 Å². The fourth-order valence-electron chi connectivity index (χ4n) is 14.0. The third kappa shape index (κ3) is 16.8. The molecule has 3 nitrogen and oxygen atoms in total. The van der Waals surface area contributed by atoms with E-state index in [-0.39, 0.29) is 17.8 Å². The molecule has 3 atom stereocenters. The Labute approximate surface area is 532 Å². The highest BCUT2D eigenvalue weighted by atomic mass is 31.2. The van der Waals surface area contributed by atoms with Crippen molar-refractivity contribution in [2.24, 2.45) is 0 Å². The van der Waals surface area contributed by atoms with E-state index in [0.29, 0.717) is 0 Å². The van der Waals surface area contributed by atoms with Gasteiger partial charge in [-0.25, -0.2) is 0 Å². The standard InChI is InChI=1S/C84H99O3P/c1-4-7-10-13-16-46-67-79(70-49-28-19-29-50-70)82(73-55-34-22-35-56-73,74-57-36-23-37-58-74)85-88(86-83(75-59-38-24-39-60-75,76-61-40-25-41-62-76)80(71-51-30-20-31-52-71)68-47-17-14-11-8-5-2)87-84(77-63-42-26-43-64-77,78-65-44-27-45-66-78)81(72-53-32-21-33-54-72)69-48-18-15-12-9-6-3/h19-45,49-66,79-81H,4-18,46-48,67-69H2,1-3H3. The molecule has 0 aliphatic rings. The zero-order chi connectivity index (χ0) is 60.8. The first-order valence-corrected chi connectivity index (χ1v) is 35.0. The highest BCUT2D eigenvalue weighted by molar-refractivity contribution is 7.41. The number of rotatable bonds is 39. The van der Waals surface area contributed by atoms with Crippen LogP contribution in [0.4, 0.5) is 0 Å². The number of hydrogen-bond donors (Lipinski definition) is 0. The topological polar surface area (TPSA) is 27.7 Å². The fourth-order valence-corrected chi connectivity index (χ4v) is 15.8. The SMILES string of the molecule is CCCCCCCCC(c1ccccc1)C(OP(OC(c1ccccc1)(c1ccccc1)C(CCCCCCCC)c1ccccc1)OC(c1ccccc1)(c1ccccc1)C(CCCCCCCC)c1ccccc1)(c1ccccc1)c1ccccc1. The summed E-state index contributed by atoms with van der Waals surface area (Å²) in [5, 5.41) is 0. The van der Waals surface area contributed by atoms with E-state index in [4.69, 9.17) is 13.6 Å². The van der Waals surface area contributed by atoms with Crippen molar-refractivity contribution < 1.29 is 13.6 Å². The lowest BCUT2D eigenvalue weighted by molar-refractivity contribution is -0.0423. The average molecular weight is 1190 g/mol. The highest BCUT2D eigenvalue weighted by Crippen LogP contribution is 2.67. The minimum Gasteiger partial charge on any atom is -0.295 e. The molecule has 4 heteroatoms. The zero-order valence-corrected chi connectivity index (χ0v) is 54.1. The van der Waals surface area contributed by atoms with Crippen molar-refractivity contribution in [3.05, 3.63) is 323 Å². The van der Waals surface area contributed by atoms with Crippen LogP contribution in [0.3, 0.4) is 0 Å². The molecule has 0 aromatic heterocycles. The molecule has 0 N–H and O–H groups in total. The second-order valence-electron chi connectivity index (χ2n) is 24.5. The molecular weight excluding hydrogens is 1090 g/mol. The predicted molar refractivity (Wildman–Crippen MR) is 373 cm³/mol. The van der Waals surface area contributed by atoms with Gasteiger partial charge in [-0.05, 0) is 69.3 Å². The van der Waals surface area contributed by atoms with Crippen LogP contribution in [0, 0.1) is 0 Å². The molecule has 0 heterocycles. The van der Waals surface area contributed by atoms with Crippen LogP contribution in [0.25, 0.3) is 0 Å². The maximum Gasteiger partial charge on any atom is 0.336 e. The second-order valence-corrected chi connectivity index (χ2v) is 25.5. The Morgan fingerprint density at radius 2 is 0.398 bits per heavy atom. The molecular formula is C84H99O3P. The van der Waals surface area contributed by atoms with E-state index < -0.39 is 25.4 Å². The van der Waals surface area contributed by atoms with Crippen molar-refractivity contribution in [3.63, 3.8) is 0 Å². The van der Waals surface area contributed by atoms with E-state index in [1.54, 1.807) is 0 Å². The van der Waals surface area contributed by atoms with E-state index in [1.807, 2.05) is 0 Å². The smallest absolute Gasteiger partial charge is 0.295 e. The van der Waals surface area contributed by atoms with Crippen molar-refractivity contribution in [1.82, 2.24) is 0 Å². The monoisotopic (exact) mass is 1190 g/mol. The maximum absolute atomic E-state index is 8.95. The Hall–Kier alpha value is -6.71. The first kappa shape index (κ1) is 65.7. The van der Waals surface area contributed by atoms with Gasteiger partial charge < -0.3 is 0 Å². The Morgan fingerprint density at radius 1 is 0.227 bits per heavy atom. The summed E-state index contributed by atoms with van der Waals surface area (Å²) in [5.74, 6) is -0.518. The van der Waals surface area contributed by atoms with Crippen LogP contribution in [-0.4, -0.2) is 0 Å². The van der Waals surface area contributed by atoms with Gasteiger partial charge in [-0.1, -0.05) is 409 Å². The summed E-state index contributed by atoms with van der Waals surface area (Å²) in [5.41, 5.74) is 6.60. The van der Waals surface area contributed by atoms with Crippen LogP contribution in [0.5, 0.6) is 0 Å². The van der Waals surface area contributed by atoms with Gasteiger partial charge in [0.1, 0.15) is 16.8 Å². The van der Waals surface area contributed by atoms with Crippen LogP contribution in [0.2, 0.25) is 0 Å². The maximum atomic E-state index is 8.95. The minimum atomic E-state index is -2.51. The predicted octanol–water partition coefficient (Wildman–Crippen LogP) is 24.7. The summed E-state index contributed by atoms with van der Waals surface area (Å²) in [6.45, 7) is 6.92. The van der Waals surface area contributed by atoms with Gasteiger partial charge in [-0.2, -0.15) is 0 Å². The van der Waals surface area contributed by atoms with Crippen LogP contribution >= 0.6 is 8.60 Å². The molecule has 3 unspecified atom stereocenters. The van der Waals surface area contributed by atoms with Gasteiger partial charge in [-0.3, -0.25) is 13.6 Å². The number of benzene rings is 9. The van der Waals surface area contributed by atoms with Crippen LogP contribution in [0.1, 0.15) is 223 Å². The normalized spacial score (nSPS) is 13.4. The van der Waals surface area contributed by atoms with E-state index in [2.05, 4.69) is 294 Å². The van der Waals surface area contributed by atoms with Crippen molar-refractivity contribution in [3.8, 4) is 0 Å². The number of hydrogen-bond acceptors (Lipinski definition) is 3. The second kappa shape index (κ2) is 35.5. The fraction of sp³-hybridized carbons (Fsp3) is 0.357. The summed E-state index contributed by atoms with van der Waals surface area (Å²) in [6, 6.07) is 101. The molecule has 9 aromatic rings. The van der Waals surface area contributed by atoms with E-state index in [0.717, 1.165) is 91.2 Å². The van der Waals surface area contributed by atoms with Crippen LogP contribution < -0.4 is 0 Å². The van der Waals surface area contributed by atoms with Crippen molar-refractivity contribution in [1.29, 1.82) is 0 Å². The molecule has 0 saturated carbocycles. The Kier molecular flexibility index (Phi) is 26.5. The van der Waals surface area contributed by atoms with Gasteiger partial charge in [0.2, 0.25) is 0 Å². The van der Waals surface area contributed by atoms with Gasteiger partial charge >= 0.3 is 8.60 Å². The Balaban J connectivity index is 1.40. The van der Waals surface area contributed by atoms with E-state index in [9.17, 15) is 0 Å². The lowest BCUT2D eigenvalue weighted by Gasteiger charge is -2.50. The van der Waals surface area contributed by atoms with Gasteiger partial charge in [0.25, 0.3) is 0 Å². The van der Waals surface area contributed by atoms with Crippen molar-refractivity contribution in [2.75, 3.05) is 0 Å². The molecule has 0 radical (unpaired) electrons. The van der Waals surface area contributed by atoms with Crippen LogP contribution in [0.15, 0.2) is 273 Å². The van der Waals surface area contributed by atoms with Crippen molar-refractivity contribution in [2.45, 2.75) is 190 Å². The minimum absolute atomic E-state index is 0.173. The molecule has 9 aromatic carbocycles. The summed E-state index contributed by atoms with van der Waals surface area (Å²) >= 11 is 0. The third-order valence-corrected chi connectivity index (χ3v) is 19.8. The summed E-state index contributed by atoms with van der Waals surface area (Å²) in [7, 11) is -2.51. The van der Waals surface area contributed by atoms with Gasteiger partial charge in [0.05, 0.1) is 0 Å². The summed E-state index contributed by atoms with van der Waals surface area (Å²) < 4.78 is 26.9. The molecule has 0 aliphatic heterocycles. The summed E-state index contributed by atoms with van der Waals surface area (Å²) in [6.07, 6.45) is 23.9. The number of unbranched alkanes of at least 4 members (excludes halogenated alkanes) is 15. The van der Waals surface area contributed by atoms with Gasteiger partial charge in [0, 0.05) is 17.8 Å². The molecule has 0 spiro atoms. The van der Waals surface area contributed by atoms with Gasteiger partial charge in [0.15, 0.2) is 0 Å². The molecule has 0 fully saturated rings. The summed E-state index contributed by atoms with van der Waals surface area (Å²) in [4.78, 5) is 0. The molecule has 9 rings (SSSR count). The first-order chi connectivity index (χ1) is 43.6. The lowest BCUT2D eigenvalue weighted by Crippen LogP contribution is -2.43. The lowest BCUT2D eigenvalue weighted by atomic mass is 9.71. The molecule has 0 bridgehead atoms. The quantitative estimate of drug-likeness (QED) is 0.0284. The first-order valence-electron chi connectivity index (χ1n) is 33.9. The van der Waals surface area contributed by atoms with Crippen molar-refractivity contribution >= 4 is 8.60 Å². The largest absolute Gasteiger partial charge is 0.336 e. The third-order valence-electron chi connectivity index (χ3n) is 18.5. The molecule has 88 heavy (non-hydrogen) atoms.